The molecule has 1 fully saturated rings. The molecule has 1 aromatic heterocycles. The quantitative estimate of drug-likeness (QED) is 0.622. The maximum atomic E-state index is 4.72. The lowest BCUT2D eigenvalue weighted by Crippen LogP contribution is -2.01. The molecule has 1 aliphatic rings. The van der Waals surface area contributed by atoms with Crippen LogP contribution in [0.15, 0.2) is 24.4 Å². The number of imidazole rings is 1. The number of rotatable bonds is 2. The Hall–Kier alpha value is -1.57. The van der Waals surface area contributed by atoms with Gasteiger partial charge in [0.1, 0.15) is 5.82 Å². The molecular weight excluding hydrogens is 304 g/mol. The lowest BCUT2D eigenvalue weighted by Gasteiger charge is -2.16. The van der Waals surface area contributed by atoms with Crippen molar-refractivity contribution in [2.24, 2.45) is 0 Å². The number of benzene rings is 1. The molecule has 1 aliphatic carbocycles. The van der Waals surface area contributed by atoms with E-state index in [1.807, 2.05) is 0 Å². The Morgan fingerprint density at radius 1 is 0.760 bits per heavy atom. The minimum absolute atomic E-state index is 0.659. The summed E-state index contributed by atoms with van der Waals surface area (Å²) >= 11 is 0. The minimum Gasteiger partial charge on any atom is -0.342 e. The van der Waals surface area contributed by atoms with Gasteiger partial charge in [-0.2, -0.15) is 0 Å². The second-order valence-electron chi connectivity index (χ2n) is 8.02. The highest BCUT2D eigenvalue weighted by Crippen LogP contribution is 2.30. The summed E-state index contributed by atoms with van der Waals surface area (Å²) in [6.07, 6.45) is 17.4. The second-order valence-corrected chi connectivity index (χ2v) is 8.02. The van der Waals surface area contributed by atoms with Crippen LogP contribution in [0.2, 0.25) is 0 Å². The van der Waals surface area contributed by atoms with Gasteiger partial charge in [0, 0.05) is 23.4 Å². The molecule has 0 radical (unpaired) electrons. The minimum atomic E-state index is 0.659. The van der Waals surface area contributed by atoms with Gasteiger partial charge in [0.25, 0.3) is 0 Å². The number of aromatic amines is 1. The van der Waals surface area contributed by atoms with E-state index in [2.05, 4.69) is 43.2 Å². The first-order valence-electron chi connectivity index (χ1n) is 10.4. The summed E-state index contributed by atoms with van der Waals surface area (Å²) in [6, 6.07) is 6.69. The molecule has 0 saturated heterocycles. The van der Waals surface area contributed by atoms with Crippen molar-refractivity contribution in [3.8, 4) is 11.4 Å². The van der Waals surface area contributed by atoms with Crippen LogP contribution in [0.25, 0.3) is 11.4 Å². The monoisotopic (exact) mass is 338 g/mol. The van der Waals surface area contributed by atoms with Crippen molar-refractivity contribution in [2.45, 2.75) is 90.4 Å². The van der Waals surface area contributed by atoms with Crippen molar-refractivity contribution >= 4 is 0 Å². The fraction of sp³-hybridized carbons (Fsp3) is 0.609. The van der Waals surface area contributed by atoms with Gasteiger partial charge >= 0.3 is 0 Å². The van der Waals surface area contributed by atoms with Crippen LogP contribution in [0.1, 0.15) is 93.4 Å². The smallest absolute Gasteiger partial charge is 0.137 e. The maximum absolute atomic E-state index is 4.72. The van der Waals surface area contributed by atoms with E-state index in [-0.39, 0.29) is 0 Å². The lowest BCUT2D eigenvalue weighted by molar-refractivity contribution is 0.463. The maximum Gasteiger partial charge on any atom is 0.137 e. The van der Waals surface area contributed by atoms with Gasteiger partial charge in [-0.15, -0.1) is 0 Å². The van der Waals surface area contributed by atoms with Gasteiger partial charge in [-0.3, -0.25) is 0 Å². The fourth-order valence-electron chi connectivity index (χ4n) is 4.28. The first kappa shape index (κ1) is 18.2. The van der Waals surface area contributed by atoms with Gasteiger partial charge in [-0.25, -0.2) is 4.98 Å². The molecule has 2 nitrogen and oxygen atoms in total. The largest absolute Gasteiger partial charge is 0.342 e. The predicted molar refractivity (Wildman–Crippen MR) is 107 cm³/mol. The molecular formula is C23H34N2. The molecule has 1 aromatic carbocycles. The first-order valence-corrected chi connectivity index (χ1v) is 10.4. The number of aryl methyl sites for hydroxylation is 2. The first-order chi connectivity index (χ1) is 12.2. The summed E-state index contributed by atoms with van der Waals surface area (Å²) in [6.45, 7) is 4.32. The zero-order valence-electron chi connectivity index (χ0n) is 16.1. The van der Waals surface area contributed by atoms with E-state index < -0.39 is 0 Å². The summed E-state index contributed by atoms with van der Waals surface area (Å²) in [5.41, 5.74) is 5.18. The van der Waals surface area contributed by atoms with Crippen molar-refractivity contribution in [2.75, 3.05) is 0 Å². The van der Waals surface area contributed by atoms with E-state index in [9.17, 15) is 0 Å². The topological polar surface area (TPSA) is 28.7 Å². The van der Waals surface area contributed by atoms with E-state index in [4.69, 9.17) is 4.98 Å². The molecule has 0 bridgehead atoms. The van der Waals surface area contributed by atoms with Crippen LogP contribution < -0.4 is 0 Å². The van der Waals surface area contributed by atoms with Crippen LogP contribution in [0, 0.1) is 13.8 Å². The summed E-state index contributed by atoms with van der Waals surface area (Å²) < 4.78 is 0. The number of hydrogen-bond acceptors (Lipinski definition) is 1. The number of hydrogen-bond donors (Lipinski definition) is 1. The number of aromatic nitrogens is 2. The summed E-state index contributed by atoms with van der Waals surface area (Å²) in [7, 11) is 0. The Labute approximate surface area is 153 Å². The number of nitrogens with one attached hydrogen (secondary N) is 1. The summed E-state index contributed by atoms with van der Waals surface area (Å²) in [5, 5.41) is 0. The molecule has 0 aliphatic heterocycles. The molecule has 2 heteroatoms. The standard InChI is InChI=1S/C23H34N2/c1-18-14-19(2)16-21(15-18)23-24-17-22(25-23)20-12-10-8-6-4-3-5-7-9-11-13-20/h14-17,20H,3-13H2,1-2H3,(H,24,25). The molecule has 0 unspecified atom stereocenters. The van der Waals surface area contributed by atoms with Crippen LogP contribution in [-0.4, -0.2) is 9.97 Å². The predicted octanol–water partition coefficient (Wildman–Crippen LogP) is 7.08. The third-order valence-corrected chi connectivity index (χ3v) is 5.64. The Morgan fingerprint density at radius 3 is 1.84 bits per heavy atom. The normalized spacial score (nSPS) is 18.5. The SMILES string of the molecule is Cc1cc(C)cc(-c2ncc(C3CCCCCCCCCCC3)[nH]2)c1. The fourth-order valence-corrected chi connectivity index (χ4v) is 4.28. The Bertz CT molecular complexity index is 624. The zero-order chi connectivity index (χ0) is 17.5. The number of nitrogens with zero attached hydrogens (tertiary/aromatic N) is 1. The molecule has 1 saturated carbocycles. The van der Waals surface area contributed by atoms with Crippen LogP contribution in [0.5, 0.6) is 0 Å². The molecule has 25 heavy (non-hydrogen) atoms. The third-order valence-electron chi connectivity index (χ3n) is 5.64. The van der Waals surface area contributed by atoms with Gasteiger partial charge in [0.15, 0.2) is 0 Å². The van der Waals surface area contributed by atoms with Crippen molar-refractivity contribution in [1.29, 1.82) is 0 Å². The van der Waals surface area contributed by atoms with E-state index in [1.165, 1.54) is 93.0 Å². The highest BCUT2D eigenvalue weighted by Gasteiger charge is 2.15. The van der Waals surface area contributed by atoms with Crippen molar-refractivity contribution in [3.63, 3.8) is 0 Å². The third kappa shape index (κ3) is 5.45. The van der Waals surface area contributed by atoms with Gasteiger partial charge in [-0.1, -0.05) is 75.0 Å². The van der Waals surface area contributed by atoms with Gasteiger partial charge in [-0.05, 0) is 38.8 Å². The molecule has 1 heterocycles. The molecule has 136 valence electrons. The average molecular weight is 339 g/mol. The van der Waals surface area contributed by atoms with E-state index >= 15 is 0 Å². The molecule has 0 amide bonds. The van der Waals surface area contributed by atoms with Crippen LogP contribution in [0.3, 0.4) is 0 Å². The van der Waals surface area contributed by atoms with Crippen molar-refractivity contribution in [1.82, 2.24) is 9.97 Å². The Kier molecular flexibility index (Phi) is 6.72. The van der Waals surface area contributed by atoms with Crippen molar-refractivity contribution < 1.29 is 0 Å². The molecule has 0 spiro atoms. The van der Waals surface area contributed by atoms with Crippen LogP contribution in [-0.2, 0) is 0 Å². The van der Waals surface area contributed by atoms with Gasteiger partial charge in [0.2, 0.25) is 0 Å². The molecule has 2 aromatic rings. The highest BCUT2D eigenvalue weighted by molar-refractivity contribution is 5.58. The van der Waals surface area contributed by atoms with E-state index in [0.717, 1.165) is 5.82 Å². The van der Waals surface area contributed by atoms with Crippen LogP contribution >= 0.6 is 0 Å². The average Bonchev–Trinajstić information content (AvgIpc) is 3.04. The summed E-state index contributed by atoms with van der Waals surface area (Å²) in [4.78, 5) is 8.37. The highest BCUT2D eigenvalue weighted by atomic mass is 14.9. The number of H-pyrrole nitrogens is 1. The lowest BCUT2D eigenvalue weighted by atomic mass is 9.91. The molecule has 1 N–H and O–H groups in total. The summed E-state index contributed by atoms with van der Waals surface area (Å²) in [5.74, 6) is 1.69. The van der Waals surface area contributed by atoms with Gasteiger partial charge < -0.3 is 4.98 Å². The molecule has 0 atom stereocenters. The Balaban J connectivity index is 1.71. The molecule has 3 rings (SSSR count). The van der Waals surface area contributed by atoms with E-state index in [1.54, 1.807) is 0 Å². The second kappa shape index (κ2) is 9.22. The van der Waals surface area contributed by atoms with Crippen LogP contribution in [0.4, 0.5) is 0 Å². The van der Waals surface area contributed by atoms with E-state index in [0.29, 0.717) is 5.92 Å². The van der Waals surface area contributed by atoms with Gasteiger partial charge in [0.05, 0.1) is 0 Å². The zero-order valence-corrected chi connectivity index (χ0v) is 16.1. The Morgan fingerprint density at radius 2 is 1.28 bits per heavy atom. The van der Waals surface area contributed by atoms with Crippen molar-refractivity contribution in [3.05, 3.63) is 41.2 Å².